The number of ether oxygens (including phenoxy) is 1. The number of carbonyl (C=O) groups excluding carboxylic acids is 1. The summed E-state index contributed by atoms with van der Waals surface area (Å²) in [5.41, 5.74) is 3.02. The molecule has 0 radical (unpaired) electrons. The van der Waals surface area contributed by atoms with E-state index in [0.717, 1.165) is 16.9 Å². The zero-order chi connectivity index (χ0) is 19.0. The summed E-state index contributed by atoms with van der Waals surface area (Å²) in [7, 11) is -3.54. The second kappa shape index (κ2) is 7.03. The molecule has 0 spiro atoms. The summed E-state index contributed by atoms with van der Waals surface area (Å²) in [6, 6.07) is 8.58. The van der Waals surface area contributed by atoms with E-state index in [2.05, 4.69) is 4.98 Å². The molecule has 0 atom stereocenters. The van der Waals surface area contributed by atoms with Gasteiger partial charge in [-0.15, -0.1) is 0 Å². The average molecular weight is 387 g/mol. The molecular formula is C19H21N3O4S. The van der Waals surface area contributed by atoms with Crippen LogP contribution in [0.15, 0.2) is 41.4 Å². The van der Waals surface area contributed by atoms with E-state index in [-0.39, 0.29) is 10.8 Å². The summed E-state index contributed by atoms with van der Waals surface area (Å²) in [6.07, 6.45) is 2.21. The number of hydrogen-bond donors (Lipinski definition) is 0. The van der Waals surface area contributed by atoms with Crippen LogP contribution in [0.25, 0.3) is 0 Å². The van der Waals surface area contributed by atoms with Gasteiger partial charge in [-0.25, -0.2) is 8.42 Å². The molecule has 3 heterocycles. The monoisotopic (exact) mass is 387 g/mol. The van der Waals surface area contributed by atoms with Crippen molar-refractivity contribution in [2.24, 2.45) is 0 Å². The molecule has 8 heteroatoms. The quantitative estimate of drug-likeness (QED) is 0.800. The number of aromatic nitrogens is 1. The van der Waals surface area contributed by atoms with Crippen molar-refractivity contribution in [2.75, 3.05) is 37.7 Å². The largest absolute Gasteiger partial charge is 0.379 e. The van der Waals surface area contributed by atoms with Gasteiger partial charge in [0.05, 0.1) is 23.7 Å². The Morgan fingerprint density at radius 2 is 1.89 bits per heavy atom. The SMILES string of the molecule is Cc1ccc(C(=O)N2CCc3cc(S(=O)(=O)N4CCOCC4)ccc32)cn1. The van der Waals surface area contributed by atoms with Gasteiger partial charge in [-0.05, 0) is 49.2 Å². The highest BCUT2D eigenvalue weighted by molar-refractivity contribution is 7.89. The summed E-state index contributed by atoms with van der Waals surface area (Å²) < 4.78 is 32.4. The number of pyridine rings is 1. The van der Waals surface area contributed by atoms with E-state index in [1.165, 1.54) is 4.31 Å². The Balaban J connectivity index is 1.60. The first-order valence-corrected chi connectivity index (χ1v) is 10.4. The number of aryl methyl sites for hydroxylation is 1. The molecule has 142 valence electrons. The van der Waals surface area contributed by atoms with Gasteiger partial charge in [-0.3, -0.25) is 9.78 Å². The molecule has 1 saturated heterocycles. The van der Waals surface area contributed by atoms with Crippen molar-refractivity contribution in [3.8, 4) is 0 Å². The molecule has 0 N–H and O–H groups in total. The molecule has 27 heavy (non-hydrogen) atoms. The van der Waals surface area contributed by atoms with Crippen LogP contribution in [0.1, 0.15) is 21.6 Å². The zero-order valence-electron chi connectivity index (χ0n) is 15.1. The second-order valence-electron chi connectivity index (χ2n) is 6.70. The molecule has 4 rings (SSSR count). The zero-order valence-corrected chi connectivity index (χ0v) is 15.9. The molecule has 1 aromatic heterocycles. The highest BCUT2D eigenvalue weighted by Gasteiger charge is 2.30. The smallest absolute Gasteiger partial charge is 0.259 e. The molecule has 0 bridgehead atoms. The third kappa shape index (κ3) is 3.36. The molecule has 1 fully saturated rings. The Morgan fingerprint density at radius 3 is 2.59 bits per heavy atom. The Bertz CT molecular complexity index is 967. The van der Waals surface area contributed by atoms with Gasteiger partial charge in [-0.2, -0.15) is 4.31 Å². The predicted octanol–water partition coefficient (Wildman–Crippen LogP) is 1.61. The van der Waals surface area contributed by atoms with Gasteiger partial charge in [0.15, 0.2) is 0 Å². The maximum atomic E-state index is 12.8. The Morgan fingerprint density at radius 1 is 1.11 bits per heavy atom. The first kappa shape index (κ1) is 18.1. The van der Waals surface area contributed by atoms with Crippen molar-refractivity contribution in [1.29, 1.82) is 0 Å². The lowest BCUT2D eigenvalue weighted by atomic mass is 10.1. The van der Waals surface area contributed by atoms with Crippen molar-refractivity contribution < 1.29 is 17.9 Å². The lowest BCUT2D eigenvalue weighted by Gasteiger charge is -2.26. The van der Waals surface area contributed by atoms with Crippen LogP contribution in [0.5, 0.6) is 0 Å². The van der Waals surface area contributed by atoms with Gasteiger partial charge in [0, 0.05) is 37.2 Å². The highest BCUT2D eigenvalue weighted by Crippen LogP contribution is 2.32. The van der Waals surface area contributed by atoms with E-state index in [4.69, 9.17) is 4.74 Å². The lowest BCUT2D eigenvalue weighted by Crippen LogP contribution is -2.40. The Labute approximate surface area is 158 Å². The number of nitrogens with zero attached hydrogens (tertiary/aromatic N) is 3. The molecule has 1 aromatic carbocycles. The molecular weight excluding hydrogens is 366 g/mol. The van der Waals surface area contributed by atoms with Crippen molar-refractivity contribution >= 4 is 21.6 Å². The van der Waals surface area contributed by atoms with E-state index in [1.807, 2.05) is 13.0 Å². The maximum absolute atomic E-state index is 12.8. The van der Waals surface area contributed by atoms with Gasteiger partial charge < -0.3 is 9.64 Å². The Kier molecular flexibility index (Phi) is 4.71. The third-order valence-electron chi connectivity index (χ3n) is 4.96. The van der Waals surface area contributed by atoms with Gasteiger partial charge in [0.2, 0.25) is 10.0 Å². The van der Waals surface area contributed by atoms with Crippen LogP contribution in [0, 0.1) is 6.92 Å². The number of fused-ring (bicyclic) bond motifs is 1. The number of benzene rings is 1. The van der Waals surface area contributed by atoms with Crippen LogP contribution in [-0.2, 0) is 21.2 Å². The standard InChI is InChI=1S/C19H21N3O4S/c1-14-2-3-16(13-20-14)19(23)22-7-6-15-12-17(4-5-18(15)22)27(24,25)21-8-10-26-11-9-21/h2-5,12-13H,6-11H2,1H3. The number of anilines is 1. The number of sulfonamides is 1. The molecule has 0 aliphatic carbocycles. The number of hydrogen-bond acceptors (Lipinski definition) is 5. The Hall–Kier alpha value is -2.29. The maximum Gasteiger partial charge on any atom is 0.259 e. The molecule has 0 saturated carbocycles. The van der Waals surface area contributed by atoms with Gasteiger partial charge in [-0.1, -0.05) is 0 Å². The normalized spacial score (nSPS) is 17.7. The second-order valence-corrected chi connectivity index (χ2v) is 8.64. The third-order valence-corrected chi connectivity index (χ3v) is 6.85. The lowest BCUT2D eigenvalue weighted by molar-refractivity contribution is 0.0730. The van der Waals surface area contributed by atoms with Crippen LogP contribution in [0.4, 0.5) is 5.69 Å². The first-order valence-electron chi connectivity index (χ1n) is 8.92. The van der Waals surface area contributed by atoms with E-state index in [1.54, 1.807) is 35.4 Å². The fourth-order valence-electron chi connectivity index (χ4n) is 3.44. The van der Waals surface area contributed by atoms with Gasteiger partial charge in [0.25, 0.3) is 5.91 Å². The van der Waals surface area contributed by atoms with Crippen LogP contribution in [-0.4, -0.2) is 56.5 Å². The van der Waals surface area contributed by atoms with Crippen molar-refractivity contribution in [1.82, 2.24) is 9.29 Å². The topological polar surface area (TPSA) is 79.8 Å². The number of carbonyl (C=O) groups is 1. The molecule has 0 unspecified atom stereocenters. The van der Waals surface area contributed by atoms with Crippen molar-refractivity contribution in [3.05, 3.63) is 53.3 Å². The molecule has 1 amide bonds. The number of rotatable bonds is 3. The molecule has 2 aromatic rings. The predicted molar refractivity (Wildman–Crippen MR) is 100 cm³/mol. The van der Waals surface area contributed by atoms with Crippen LogP contribution >= 0.6 is 0 Å². The van der Waals surface area contributed by atoms with Crippen LogP contribution in [0.2, 0.25) is 0 Å². The summed E-state index contributed by atoms with van der Waals surface area (Å²) >= 11 is 0. The van der Waals surface area contributed by atoms with Gasteiger partial charge in [0.1, 0.15) is 0 Å². The summed E-state index contributed by atoms with van der Waals surface area (Å²) in [6.45, 7) is 3.96. The average Bonchev–Trinajstić information content (AvgIpc) is 3.12. The molecule has 7 nitrogen and oxygen atoms in total. The molecule has 2 aliphatic heterocycles. The summed E-state index contributed by atoms with van der Waals surface area (Å²) in [5.74, 6) is -0.120. The molecule has 2 aliphatic rings. The van der Waals surface area contributed by atoms with E-state index >= 15 is 0 Å². The minimum absolute atomic E-state index is 0.120. The van der Waals surface area contributed by atoms with E-state index in [9.17, 15) is 13.2 Å². The summed E-state index contributed by atoms with van der Waals surface area (Å²) in [5, 5.41) is 0. The summed E-state index contributed by atoms with van der Waals surface area (Å²) in [4.78, 5) is 18.9. The van der Waals surface area contributed by atoms with Crippen LogP contribution < -0.4 is 4.90 Å². The van der Waals surface area contributed by atoms with Gasteiger partial charge >= 0.3 is 0 Å². The van der Waals surface area contributed by atoms with Crippen LogP contribution in [0.3, 0.4) is 0 Å². The highest BCUT2D eigenvalue weighted by atomic mass is 32.2. The number of amides is 1. The first-order chi connectivity index (χ1) is 13.0. The minimum Gasteiger partial charge on any atom is -0.379 e. The van der Waals surface area contributed by atoms with Crippen molar-refractivity contribution in [2.45, 2.75) is 18.2 Å². The fraction of sp³-hybridized carbons (Fsp3) is 0.368. The van der Waals surface area contributed by atoms with E-state index in [0.29, 0.717) is 44.8 Å². The number of morpholine rings is 1. The van der Waals surface area contributed by atoms with Crippen molar-refractivity contribution in [3.63, 3.8) is 0 Å². The minimum atomic E-state index is -3.54. The fourth-order valence-corrected chi connectivity index (χ4v) is 4.89. The van der Waals surface area contributed by atoms with E-state index < -0.39 is 10.0 Å².